The van der Waals surface area contributed by atoms with E-state index in [1.807, 2.05) is 6.20 Å². The number of carboxylic acid groups (broad SMARTS) is 1. The second kappa shape index (κ2) is 7.18. The number of hydrogen-bond donors (Lipinski definition) is 1. The van der Waals surface area contributed by atoms with E-state index < -0.39 is 5.97 Å². The fraction of sp³-hybridized carbons (Fsp3) is 0.765. The molecule has 3 rings (SSSR count). The van der Waals surface area contributed by atoms with E-state index in [4.69, 9.17) is 0 Å². The smallest absolute Gasteiger partial charge is 0.320 e. The first-order chi connectivity index (χ1) is 11.1. The van der Waals surface area contributed by atoms with Crippen molar-refractivity contribution in [3.63, 3.8) is 0 Å². The molecule has 0 spiro atoms. The van der Waals surface area contributed by atoms with Crippen LogP contribution in [0.2, 0.25) is 0 Å². The van der Waals surface area contributed by atoms with Crippen LogP contribution in [-0.2, 0) is 11.3 Å². The summed E-state index contributed by atoms with van der Waals surface area (Å²) in [7, 11) is 0. The summed E-state index contributed by atoms with van der Waals surface area (Å²) in [4.78, 5) is 21.9. The zero-order chi connectivity index (χ0) is 16.4. The molecule has 128 valence electrons. The molecule has 2 heterocycles. The Hall–Kier alpha value is -1.14. The quantitative estimate of drug-likeness (QED) is 0.864. The molecule has 0 bridgehead atoms. The van der Waals surface area contributed by atoms with E-state index in [2.05, 4.69) is 28.6 Å². The summed E-state index contributed by atoms with van der Waals surface area (Å²) in [6, 6.07) is 0.131. The number of fused-ring (bicyclic) bond motifs is 1. The van der Waals surface area contributed by atoms with Gasteiger partial charge in [-0.3, -0.25) is 9.69 Å². The van der Waals surface area contributed by atoms with Crippen LogP contribution in [0.1, 0.15) is 50.8 Å². The van der Waals surface area contributed by atoms with Crippen LogP contribution in [0.25, 0.3) is 0 Å². The normalized spacial score (nSPS) is 27.8. The molecule has 23 heavy (non-hydrogen) atoms. The van der Waals surface area contributed by atoms with E-state index in [-0.39, 0.29) is 6.04 Å². The van der Waals surface area contributed by atoms with E-state index in [9.17, 15) is 9.90 Å². The highest BCUT2D eigenvalue weighted by atomic mass is 32.1. The van der Waals surface area contributed by atoms with Crippen molar-refractivity contribution in [3.8, 4) is 0 Å². The number of hydrogen-bond acceptors (Lipinski definition) is 5. The minimum Gasteiger partial charge on any atom is -0.480 e. The average Bonchev–Trinajstić information content (AvgIpc) is 3.15. The number of anilines is 1. The Labute approximate surface area is 142 Å². The predicted octanol–water partition coefficient (Wildman–Crippen LogP) is 3.21. The molecule has 5 nitrogen and oxygen atoms in total. The molecular weight excluding hydrogens is 310 g/mol. The Kier molecular flexibility index (Phi) is 5.21. The Morgan fingerprint density at radius 1 is 1.39 bits per heavy atom. The molecular formula is C17H27N3O2S. The standard InChI is InChI=1S/C17H27N3O2S/c1-3-19(4-2)17-18-10-13(23-17)11-20-14-8-6-5-7-12(14)9-15(20)16(21)22/h10,12,14-15H,3-9,11H2,1-2H3,(H,21,22). The molecule has 3 unspecified atom stereocenters. The molecule has 1 aromatic rings. The first-order valence-electron chi connectivity index (χ1n) is 8.82. The summed E-state index contributed by atoms with van der Waals surface area (Å²) in [5, 5.41) is 10.7. The van der Waals surface area contributed by atoms with E-state index in [1.165, 1.54) is 24.1 Å². The lowest BCUT2D eigenvalue weighted by molar-refractivity contribution is -0.142. The number of likely N-dealkylation sites (tertiary alicyclic amines) is 1. The third-order valence-electron chi connectivity index (χ3n) is 5.42. The monoisotopic (exact) mass is 337 g/mol. The van der Waals surface area contributed by atoms with Crippen LogP contribution in [0.5, 0.6) is 0 Å². The van der Waals surface area contributed by atoms with Crippen LogP contribution in [0.4, 0.5) is 5.13 Å². The van der Waals surface area contributed by atoms with Crippen LogP contribution in [0.15, 0.2) is 6.20 Å². The van der Waals surface area contributed by atoms with Gasteiger partial charge in [0.2, 0.25) is 0 Å². The Morgan fingerprint density at radius 3 is 2.83 bits per heavy atom. The average molecular weight is 337 g/mol. The van der Waals surface area contributed by atoms with Gasteiger partial charge in [0.15, 0.2) is 5.13 Å². The van der Waals surface area contributed by atoms with Crippen molar-refractivity contribution in [1.82, 2.24) is 9.88 Å². The van der Waals surface area contributed by atoms with E-state index in [0.29, 0.717) is 12.0 Å². The SMILES string of the molecule is CCN(CC)c1ncc(CN2C(C(=O)O)CC3CCCCC32)s1. The molecule has 1 N–H and O–H groups in total. The van der Waals surface area contributed by atoms with Gasteiger partial charge in [-0.25, -0.2) is 4.98 Å². The van der Waals surface area contributed by atoms with Gasteiger partial charge in [-0.05, 0) is 39.0 Å². The number of carboxylic acids is 1. The summed E-state index contributed by atoms with van der Waals surface area (Å²) in [5.41, 5.74) is 0. The lowest BCUT2D eigenvalue weighted by Crippen LogP contribution is -2.41. The van der Waals surface area contributed by atoms with Crippen LogP contribution < -0.4 is 4.90 Å². The second-order valence-corrected chi connectivity index (χ2v) is 7.75. The molecule has 1 saturated heterocycles. The van der Waals surface area contributed by atoms with Gasteiger partial charge >= 0.3 is 5.97 Å². The highest BCUT2D eigenvalue weighted by molar-refractivity contribution is 7.15. The number of nitrogens with zero attached hydrogens (tertiary/aromatic N) is 3. The largest absolute Gasteiger partial charge is 0.480 e. The summed E-state index contributed by atoms with van der Waals surface area (Å²) < 4.78 is 0. The summed E-state index contributed by atoms with van der Waals surface area (Å²) in [6.45, 7) is 6.92. The first kappa shape index (κ1) is 16.7. The summed E-state index contributed by atoms with van der Waals surface area (Å²) >= 11 is 1.71. The van der Waals surface area contributed by atoms with Crippen molar-refractivity contribution >= 4 is 22.4 Å². The van der Waals surface area contributed by atoms with Gasteiger partial charge in [-0.15, -0.1) is 11.3 Å². The topological polar surface area (TPSA) is 56.7 Å². The molecule has 6 heteroatoms. The molecule has 1 aromatic heterocycles. The van der Waals surface area contributed by atoms with Gasteiger partial charge in [0.1, 0.15) is 6.04 Å². The molecule has 1 aliphatic carbocycles. The zero-order valence-corrected chi connectivity index (χ0v) is 14.9. The van der Waals surface area contributed by atoms with Gasteiger partial charge < -0.3 is 10.0 Å². The van der Waals surface area contributed by atoms with Crippen LogP contribution in [-0.4, -0.2) is 46.1 Å². The number of aliphatic carboxylic acids is 1. The molecule has 0 amide bonds. The maximum absolute atomic E-state index is 11.7. The minimum absolute atomic E-state index is 0.317. The van der Waals surface area contributed by atoms with Crippen molar-refractivity contribution in [3.05, 3.63) is 11.1 Å². The third kappa shape index (κ3) is 3.38. The Morgan fingerprint density at radius 2 is 2.13 bits per heavy atom. The van der Waals surface area contributed by atoms with Crippen molar-refractivity contribution in [2.75, 3.05) is 18.0 Å². The van der Waals surface area contributed by atoms with Crippen molar-refractivity contribution in [1.29, 1.82) is 0 Å². The highest BCUT2D eigenvalue weighted by Crippen LogP contribution is 2.41. The summed E-state index contributed by atoms with van der Waals surface area (Å²) in [6.07, 6.45) is 7.59. The lowest BCUT2D eigenvalue weighted by atomic mass is 9.85. The number of thiazole rings is 1. The molecule has 0 aromatic carbocycles. The molecule has 1 saturated carbocycles. The number of rotatable bonds is 6. The highest BCUT2D eigenvalue weighted by Gasteiger charge is 2.45. The van der Waals surface area contributed by atoms with Crippen LogP contribution in [0.3, 0.4) is 0 Å². The van der Waals surface area contributed by atoms with Gasteiger partial charge in [0.25, 0.3) is 0 Å². The Bertz CT molecular complexity index is 544. The van der Waals surface area contributed by atoms with E-state index in [0.717, 1.165) is 37.6 Å². The lowest BCUT2D eigenvalue weighted by Gasteiger charge is -2.32. The molecule has 1 aliphatic heterocycles. The molecule has 2 aliphatic rings. The van der Waals surface area contributed by atoms with Gasteiger partial charge in [-0.2, -0.15) is 0 Å². The van der Waals surface area contributed by atoms with Crippen molar-refractivity contribution in [2.45, 2.75) is 64.6 Å². The summed E-state index contributed by atoms with van der Waals surface area (Å²) in [5.74, 6) is -0.0899. The maximum atomic E-state index is 11.7. The molecule has 2 fully saturated rings. The minimum atomic E-state index is -0.659. The van der Waals surface area contributed by atoms with Crippen LogP contribution in [0, 0.1) is 5.92 Å². The van der Waals surface area contributed by atoms with Gasteiger partial charge in [-0.1, -0.05) is 12.8 Å². The van der Waals surface area contributed by atoms with Crippen molar-refractivity contribution < 1.29 is 9.90 Å². The van der Waals surface area contributed by atoms with Crippen molar-refractivity contribution in [2.24, 2.45) is 5.92 Å². The first-order valence-corrected chi connectivity index (χ1v) is 9.63. The number of aromatic nitrogens is 1. The molecule has 0 radical (unpaired) electrons. The van der Waals surface area contributed by atoms with E-state index in [1.54, 1.807) is 11.3 Å². The Balaban J connectivity index is 1.75. The molecule has 3 atom stereocenters. The second-order valence-electron chi connectivity index (χ2n) is 6.66. The fourth-order valence-corrected chi connectivity index (χ4v) is 5.26. The van der Waals surface area contributed by atoms with Gasteiger partial charge in [0, 0.05) is 36.8 Å². The zero-order valence-electron chi connectivity index (χ0n) is 14.1. The van der Waals surface area contributed by atoms with Gasteiger partial charge in [0.05, 0.1) is 0 Å². The van der Waals surface area contributed by atoms with Crippen LogP contribution >= 0.6 is 11.3 Å². The fourth-order valence-electron chi connectivity index (χ4n) is 4.21. The predicted molar refractivity (Wildman–Crippen MR) is 93.0 cm³/mol. The maximum Gasteiger partial charge on any atom is 0.320 e. The van der Waals surface area contributed by atoms with E-state index >= 15 is 0 Å². The third-order valence-corrected chi connectivity index (χ3v) is 6.46. The number of carbonyl (C=O) groups is 1.